The van der Waals surface area contributed by atoms with Crippen LogP contribution in [0.15, 0.2) is 12.2 Å². The Bertz CT molecular complexity index is 130. The van der Waals surface area contributed by atoms with Gasteiger partial charge in [0.15, 0.2) is 0 Å². The van der Waals surface area contributed by atoms with Gasteiger partial charge in [0.05, 0.1) is 0 Å². The molecule has 0 aliphatic rings. The molecular weight excluding hydrogens is 153 g/mol. The second-order valence-electron chi connectivity index (χ2n) is 3.00. The maximum Gasteiger partial charge on any atom is 0.475 e. The van der Waals surface area contributed by atoms with Crippen LogP contribution in [-0.4, -0.2) is 12.1 Å². The zero-order valence-corrected chi connectivity index (χ0v) is 7.75. The van der Waals surface area contributed by atoms with Gasteiger partial charge in [-0.3, -0.25) is 0 Å². The lowest BCUT2D eigenvalue weighted by molar-refractivity contribution is 0.270. The Kier molecular flexibility index (Phi) is 7.15. The third-order valence-corrected chi connectivity index (χ3v) is 1.75. The lowest BCUT2D eigenvalue weighted by Crippen LogP contribution is -2.21. The highest BCUT2D eigenvalue weighted by atomic mass is 16.6. The molecule has 0 fully saturated rings. The van der Waals surface area contributed by atoms with Gasteiger partial charge in [-0.25, -0.2) is 5.90 Å². The molecule has 3 N–H and O–H groups in total. The molecule has 0 heterocycles. The molecule has 0 rings (SSSR count). The Morgan fingerprint density at radius 2 is 2.25 bits per heavy atom. The van der Waals surface area contributed by atoms with E-state index in [1.54, 1.807) is 0 Å². The molecule has 0 unspecified atom stereocenters. The average Bonchev–Trinajstić information content (AvgIpc) is 2.05. The molecule has 0 amide bonds. The fourth-order valence-electron chi connectivity index (χ4n) is 1.02. The summed E-state index contributed by atoms with van der Waals surface area (Å²) in [6, 6.07) is 0. The fraction of sp³-hybridized carbons (Fsp3) is 0.750. The van der Waals surface area contributed by atoms with Crippen LogP contribution in [-0.2, 0) is 4.76 Å². The first-order valence-electron chi connectivity index (χ1n) is 4.41. The van der Waals surface area contributed by atoms with Crippen molar-refractivity contribution in [2.24, 2.45) is 5.90 Å². The third-order valence-electron chi connectivity index (χ3n) is 1.75. The number of rotatable bonds is 7. The van der Waals surface area contributed by atoms with E-state index in [1.165, 1.54) is 12.8 Å². The highest BCUT2D eigenvalue weighted by Gasteiger charge is 2.12. The molecular formula is C8H18BNO2. The van der Waals surface area contributed by atoms with E-state index >= 15 is 0 Å². The largest absolute Gasteiger partial charge is 0.475 e. The average molecular weight is 171 g/mol. The van der Waals surface area contributed by atoms with Gasteiger partial charge in [-0.2, -0.15) is 0 Å². The van der Waals surface area contributed by atoms with Crippen LogP contribution in [0.4, 0.5) is 0 Å². The highest BCUT2D eigenvalue weighted by molar-refractivity contribution is 6.43. The van der Waals surface area contributed by atoms with Crippen molar-refractivity contribution in [3.05, 3.63) is 12.2 Å². The van der Waals surface area contributed by atoms with E-state index < -0.39 is 7.12 Å². The van der Waals surface area contributed by atoms with Crippen molar-refractivity contribution in [3.8, 4) is 0 Å². The number of hydrogen-bond acceptors (Lipinski definition) is 3. The van der Waals surface area contributed by atoms with Crippen LogP contribution in [0.3, 0.4) is 0 Å². The second-order valence-corrected chi connectivity index (χ2v) is 3.00. The monoisotopic (exact) mass is 171 g/mol. The molecule has 0 saturated carbocycles. The van der Waals surface area contributed by atoms with E-state index in [1.807, 2.05) is 0 Å². The standard InChI is InChI=1S/C8H18BNO2/c1-3-4-5-6-8(2)7-9(11)12-10/h11H,2-7,10H2,1H3. The molecule has 3 nitrogen and oxygen atoms in total. The van der Waals surface area contributed by atoms with Crippen LogP contribution in [0.2, 0.25) is 6.32 Å². The van der Waals surface area contributed by atoms with E-state index in [0.717, 1.165) is 18.4 Å². The molecule has 4 heteroatoms. The fourth-order valence-corrected chi connectivity index (χ4v) is 1.02. The molecule has 0 aromatic heterocycles. The van der Waals surface area contributed by atoms with Gasteiger partial charge in [0.2, 0.25) is 0 Å². The van der Waals surface area contributed by atoms with Gasteiger partial charge >= 0.3 is 7.12 Å². The summed E-state index contributed by atoms with van der Waals surface area (Å²) in [6.07, 6.45) is 4.93. The van der Waals surface area contributed by atoms with Gasteiger partial charge in [-0.15, -0.1) is 6.58 Å². The zero-order chi connectivity index (χ0) is 9.40. The molecule has 0 radical (unpaired) electrons. The summed E-state index contributed by atoms with van der Waals surface area (Å²) in [5, 5.41) is 8.98. The zero-order valence-electron chi connectivity index (χ0n) is 7.75. The quantitative estimate of drug-likeness (QED) is 0.264. The summed E-state index contributed by atoms with van der Waals surface area (Å²) in [5.74, 6) is 4.78. The molecule has 0 saturated heterocycles. The van der Waals surface area contributed by atoms with E-state index in [4.69, 9.17) is 10.9 Å². The Hall–Kier alpha value is -0.315. The number of hydrogen-bond donors (Lipinski definition) is 2. The minimum absolute atomic E-state index is 0.445. The predicted octanol–water partition coefficient (Wildman–Crippen LogP) is 1.49. The van der Waals surface area contributed by atoms with Crippen molar-refractivity contribution in [2.45, 2.75) is 38.9 Å². The Labute approximate surface area is 74.7 Å². The minimum Gasteiger partial charge on any atom is -0.426 e. The second kappa shape index (κ2) is 7.34. The first-order valence-corrected chi connectivity index (χ1v) is 4.41. The van der Waals surface area contributed by atoms with E-state index in [2.05, 4.69) is 18.3 Å². The van der Waals surface area contributed by atoms with Gasteiger partial charge in [0, 0.05) is 6.32 Å². The molecule has 0 aromatic rings. The van der Waals surface area contributed by atoms with Crippen LogP contribution in [0.1, 0.15) is 32.6 Å². The van der Waals surface area contributed by atoms with Crippen LogP contribution in [0, 0.1) is 0 Å². The maximum absolute atomic E-state index is 8.98. The van der Waals surface area contributed by atoms with Gasteiger partial charge < -0.3 is 9.78 Å². The van der Waals surface area contributed by atoms with Crippen molar-refractivity contribution in [3.63, 3.8) is 0 Å². The molecule has 0 aliphatic carbocycles. The van der Waals surface area contributed by atoms with Gasteiger partial charge in [0.25, 0.3) is 0 Å². The highest BCUT2D eigenvalue weighted by Crippen LogP contribution is 2.12. The molecule has 0 spiro atoms. The van der Waals surface area contributed by atoms with E-state index in [0.29, 0.717) is 6.32 Å². The number of unbranched alkanes of at least 4 members (excludes halogenated alkanes) is 2. The summed E-state index contributed by atoms with van der Waals surface area (Å²) in [7, 11) is -0.890. The first kappa shape index (κ1) is 11.7. The van der Waals surface area contributed by atoms with Gasteiger partial charge in [-0.1, -0.05) is 25.3 Å². The molecule has 0 aliphatic heterocycles. The molecule has 0 atom stereocenters. The van der Waals surface area contributed by atoms with Crippen LogP contribution in [0.5, 0.6) is 0 Å². The lowest BCUT2D eigenvalue weighted by atomic mass is 9.80. The molecule has 12 heavy (non-hydrogen) atoms. The van der Waals surface area contributed by atoms with Crippen LogP contribution in [0.25, 0.3) is 0 Å². The normalized spacial score (nSPS) is 9.92. The third kappa shape index (κ3) is 6.40. The van der Waals surface area contributed by atoms with E-state index in [-0.39, 0.29) is 0 Å². The van der Waals surface area contributed by atoms with Crippen molar-refractivity contribution < 1.29 is 9.78 Å². The molecule has 0 aromatic carbocycles. The number of nitrogens with two attached hydrogens (primary N) is 1. The summed E-state index contributed by atoms with van der Waals surface area (Å²) < 4.78 is 4.22. The van der Waals surface area contributed by atoms with Crippen molar-refractivity contribution >= 4 is 7.12 Å². The number of allylic oxidation sites excluding steroid dienone is 1. The topological polar surface area (TPSA) is 55.5 Å². The van der Waals surface area contributed by atoms with E-state index in [9.17, 15) is 0 Å². The van der Waals surface area contributed by atoms with Crippen molar-refractivity contribution in [1.29, 1.82) is 0 Å². The predicted molar refractivity (Wildman–Crippen MR) is 51.3 cm³/mol. The SMILES string of the molecule is C=C(CCCCC)CB(O)ON. The summed E-state index contributed by atoms with van der Waals surface area (Å²) in [5.41, 5.74) is 1.00. The Morgan fingerprint density at radius 1 is 1.58 bits per heavy atom. The lowest BCUT2D eigenvalue weighted by Gasteiger charge is -2.05. The first-order chi connectivity index (χ1) is 5.70. The van der Waals surface area contributed by atoms with Crippen molar-refractivity contribution in [2.75, 3.05) is 0 Å². The van der Waals surface area contributed by atoms with Crippen molar-refractivity contribution in [1.82, 2.24) is 0 Å². The summed E-state index contributed by atoms with van der Waals surface area (Å²) in [4.78, 5) is 0. The summed E-state index contributed by atoms with van der Waals surface area (Å²) in [6.45, 7) is 5.97. The molecule has 0 bridgehead atoms. The molecule has 70 valence electrons. The summed E-state index contributed by atoms with van der Waals surface area (Å²) >= 11 is 0. The van der Waals surface area contributed by atoms with Gasteiger partial charge in [-0.05, 0) is 12.8 Å². The smallest absolute Gasteiger partial charge is 0.426 e. The Balaban J connectivity index is 3.33. The maximum atomic E-state index is 8.98. The van der Waals surface area contributed by atoms with Crippen LogP contribution >= 0.6 is 0 Å². The Morgan fingerprint density at radius 3 is 2.75 bits per heavy atom. The van der Waals surface area contributed by atoms with Crippen LogP contribution < -0.4 is 5.90 Å². The van der Waals surface area contributed by atoms with Gasteiger partial charge in [0.1, 0.15) is 0 Å². The minimum atomic E-state index is -0.890.